The summed E-state index contributed by atoms with van der Waals surface area (Å²) in [5, 5.41) is 3.31. The molecule has 0 aliphatic heterocycles. The fraction of sp³-hybridized carbons (Fsp3) is 0.929. The number of hydrogen-bond acceptors (Lipinski definition) is 4. The van der Waals surface area contributed by atoms with E-state index in [4.69, 9.17) is 4.74 Å². The molecule has 0 saturated heterocycles. The van der Waals surface area contributed by atoms with E-state index in [0.29, 0.717) is 6.54 Å². The predicted octanol–water partition coefficient (Wildman–Crippen LogP) is 1.90. The summed E-state index contributed by atoms with van der Waals surface area (Å²) in [6, 6.07) is 0. The van der Waals surface area contributed by atoms with Crippen LogP contribution >= 0.6 is 0 Å². The second-order valence-corrected chi connectivity index (χ2v) is 5.67. The Morgan fingerprint density at radius 3 is 2.28 bits per heavy atom. The molecular weight excluding hydrogens is 228 g/mol. The summed E-state index contributed by atoms with van der Waals surface area (Å²) in [5.74, 6) is -0.223. The summed E-state index contributed by atoms with van der Waals surface area (Å²) in [6.07, 6.45) is 0. The Labute approximate surface area is 112 Å². The molecule has 0 saturated carbocycles. The molecule has 0 aliphatic carbocycles. The van der Waals surface area contributed by atoms with E-state index in [9.17, 15) is 4.79 Å². The van der Waals surface area contributed by atoms with Crippen molar-refractivity contribution in [1.82, 2.24) is 10.2 Å². The Kier molecular flexibility index (Phi) is 8.20. The fourth-order valence-corrected chi connectivity index (χ4v) is 1.58. The number of likely N-dealkylation sites (N-methyl/N-ethyl adjacent to an activating group) is 1. The van der Waals surface area contributed by atoms with Gasteiger partial charge >= 0.3 is 5.97 Å². The smallest absolute Gasteiger partial charge is 0.310 e. The predicted molar refractivity (Wildman–Crippen MR) is 75.7 cm³/mol. The molecular formula is C14H30N2O2. The van der Waals surface area contributed by atoms with Crippen molar-refractivity contribution in [2.45, 2.75) is 47.1 Å². The lowest BCUT2D eigenvalue weighted by Gasteiger charge is -2.23. The zero-order valence-corrected chi connectivity index (χ0v) is 12.9. The highest BCUT2D eigenvalue weighted by atomic mass is 16.6. The fourth-order valence-electron chi connectivity index (χ4n) is 1.58. The van der Waals surface area contributed by atoms with E-state index in [1.165, 1.54) is 0 Å². The zero-order chi connectivity index (χ0) is 14.2. The van der Waals surface area contributed by atoms with Crippen molar-refractivity contribution in [3.8, 4) is 0 Å². The third kappa shape index (κ3) is 8.48. The van der Waals surface area contributed by atoms with Crippen LogP contribution in [0.5, 0.6) is 0 Å². The number of carbonyl (C=O) groups is 1. The van der Waals surface area contributed by atoms with Crippen molar-refractivity contribution < 1.29 is 9.53 Å². The van der Waals surface area contributed by atoms with Gasteiger partial charge < -0.3 is 15.0 Å². The molecule has 0 radical (unpaired) electrons. The molecule has 0 spiro atoms. The topological polar surface area (TPSA) is 41.6 Å². The molecule has 0 aromatic carbocycles. The van der Waals surface area contributed by atoms with Gasteiger partial charge in [0.25, 0.3) is 0 Å². The van der Waals surface area contributed by atoms with Crippen LogP contribution in [-0.2, 0) is 9.53 Å². The molecule has 4 nitrogen and oxygen atoms in total. The number of carbonyl (C=O) groups excluding carboxylic acids is 1. The Bertz CT molecular complexity index is 232. The highest BCUT2D eigenvalue weighted by Crippen LogP contribution is 2.10. The third-order valence-electron chi connectivity index (χ3n) is 2.76. The van der Waals surface area contributed by atoms with Gasteiger partial charge in [0.2, 0.25) is 0 Å². The van der Waals surface area contributed by atoms with Crippen LogP contribution in [0, 0.1) is 5.92 Å². The van der Waals surface area contributed by atoms with Gasteiger partial charge in [0, 0.05) is 19.6 Å². The van der Waals surface area contributed by atoms with Crippen LogP contribution in [-0.4, -0.2) is 49.2 Å². The standard InChI is InChI=1S/C14H30N2O2/c1-7-16(8-2)10-9-15-11-12(3)13(17)18-14(4,5)6/h12,15H,7-11H2,1-6H3. The lowest BCUT2D eigenvalue weighted by atomic mass is 10.1. The Hall–Kier alpha value is -0.610. The average molecular weight is 258 g/mol. The Morgan fingerprint density at radius 1 is 1.28 bits per heavy atom. The quantitative estimate of drug-likeness (QED) is 0.533. The van der Waals surface area contributed by atoms with Crippen molar-refractivity contribution in [1.29, 1.82) is 0 Å². The number of esters is 1. The second kappa shape index (κ2) is 8.48. The van der Waals surface area contributed by atoms with Gasteiger partial charge in [-0.15, -0.1) is 0 Å². The van der Waals surface area contributed by atoms with Crippen LogP contribution in [0.1, 0.15) is 41.5 Å². The minimum Gasteiger partial charge on any atom is -0.460 e. The molecule has 1 atom stereocenters. The van der Waals surface area contributed by atoms with E-state index in [2.05, 4.69) is 24.1 Å². The molecule has 108 valence electrons. The molecule has 0 bridgehead atoms. The van der Waals surface area contributed by atoms with E-state index in [0.717, 1.165) is 26.2 Å². The van der Waals surface area contributed by atoms with Crippen LogP contribution in [0.4, 0.5) is 0 Å². The largest absolute Gasteiger partial charge is 0.460 e. The summed E-state index contributed by atoms with van der Waals surface area (Å²) >= 11 is 0. The molecule has 0 aromatic rings. The van der Waals surface area contributed by atoms with E-state index < -0.39 is 5.60 Å². The molecule has 18 heavy (non-hydrogen) atoms. The number of nitrogens with zero attached hydrogens (tertiary/aromatic N) is 1. The first-order chi connectivity index (χ1) is 8.30. The summed E-state index contributed by atoms with van der Waals surface area (Å²) in [6.45, 7) is 16.7. The minimum absolute atomic E-state index is 0.0964. The normalized spacial score (nSPS) is 13.7. The number of hydrogen-bond donors (Lipinski definition) is 1. The summed E-state index contributed by atoms with van der Waals surface area (Å²) in [4.78, 5) is 14.1. The monoisotopic (exact) mass is 258 g/mol. The van der Waals surface area contributed by atoms with Crippen molar-refractivity contribution in [3.05, 3.63) is 0 Å². The van der Waals surface area contributed by atoms with Gasteiger partial charge in [-0.05, 0) is 33.9 Å². The van der Waals surface area contributed by atoms with Crippen LogP contribution in [0.2, 0.25) is 0 Å². The molecule has 0 fully saturated rings. The maximum absolute atomic E-state index is 11.7. The molecule has 1 N–H and O–H groups in total. The number of ether oxygens (including phenoxy) is 1. The summed E-state index contributed by atoms with van der Waals surface area (Å²) in [5.41, 5.74) is -0.396. The van der Waals surface area contributed by atoms with Gasteiger partial charge in [-0.1, -0.05) is 20.8 Å². The highest BCUT2D eigenvalue weighted by Gasteiger charge is 2.21. The van der Waals surface area contributed by atoms with Crippen molar-refractivity contribution in [2.75, 3.05) is 32.7 Å². The van der Waals surface area contributed by atoms with E-state index in [1.807, 2.05) is 27.7 Å². The lowest BCUT2D eigenvalue weighted by Crippen LogP contribution is -2.36. The average Bonchev–Trinajstić information content (AvgIpc) is 2.26. The van der Waals surface area contributed by atoms with Crippen LogP contribution in [0.15, 0.2) is 0 Å². The molecule has 4 heteroatoms. The zero-order valence-electron chi connectivity index (χ0n) is 12.9. The van der Waals surface area contributed by atoms with Crippen LogP contribution < -0.4 is 5.32 Å². The lowest BCUT2D eigenvalue weighted by molar-refractivity contribution is -0.159. The number of rotatable bonds is 8. The van der Waals surface area contributed by atoms with E-state index in [-0.39, 0.29) is 11.9 Å². The van der Waals surface area contributed by atoms with E-state index >= 15 is 0 Å². The van der Waals surface area contributed by atoms with Gasteiger partial charge in [-0.3, -0.25) is 4.79 Å². The van der Waals surface area contributed by atoms with Crippen LogP contribution in [0.25, 0.3) is 0 Å². The molecule has 0 aliphatic rings. The van der Waals surface area contributed by atoms with Crippen molar-refractivity contribution in [3.63, 3.8) is 0 Å². The molecule has 0 aromatic heterocycles. The highest BCUT2D eigenvalue weighted by molar-refractivity contribution is 5.72. The minimum atomic E-state index is -0.396. The molecule has 1 unspecified atom stereocenters. The first kappa shape index (κ1) is 17.4. The second-order valence-electron chi connectivity index (χ2n) is 5.67. The van der Waals surface area contributed by atoms with Crippen LogP contribution in [0.3, 0.4) is 0 Å². The van der Waals surface area contributed by atoms with Crippen molar-refractivity contribution in [2.24, 2.45) is 5.92 Å². The molecule has 0 rings (SSSR count). The van der Waals surface area contributed by atoms with Gasteiger partial charge in [-0.2, -0.15) is 0 Å². The van der Waals surface area contributed by atoms with Gasteiger partial charge in [-0.25, -0.2) is 0 Å². The molecule has 0 heterocycles. The van der Waals surface area contributed by atoms with Gasteiger partial charge in [0.05, 0.1) is 5.92 Å². The molecule has 0 amide bonds. The Morgan fingerprint density at radius 2 is 1.83 bits per heavy atom. The van der Waals surface area contributed by atoms with E-state index in [1.54, 1.807) is 0 Å². The third-order valence-corrected chi connectivity index (χ3v) is 2.76. The van der Waals surface area contributed by atoms with Gasteiger partial charge in [0.15, 0.2) is 0 Å². The van der Waals surface area contributed by atoms with Gasteiger partial charge in [0.1, 0.15) is 5.60 Å². The SMILES string of the molecule is CCN(CC)CCNCC(C)C(=O)OC(C)(C)C. The summed E-state index contributed by atoms with van der Waals surface area (Å²) in [7, 11) is 0. The maximum Gasteiger partial charge on any atom is 0.310 e. The number of nitrogens with one attached hydrogen (secondary N) is 1. The Balaban J connectivity index is 3.76. The maximum atomic E-state index is 11.7. The first-order valence-corrected chi connectivity index (χ1v) is 6.96. The summed E-state index contributed by atoms with van der Waals surface area (Å²) < 4.78 is 5.33. The van der Waals surface area contributed by atoms with Crippen molar-refractivity contribution >= 4 is 5.97 Å². The first-order valence-electron chi connectivity index (χ1n) is 6.96.